The number of esters is 1. The summed E-state index contributed by atoms with van der Waals surface area (Å²) < 4.78 is 18.9. The van der Waals surface area contributed by atoms with Gasteiger partial charge in [0.25, 0.3) is 0 Å². The molecule has 0 amide bonds. The van der Waals surface area contributed by atoms with E-state index in [0.29, 0.717) is 5.56 Å². The maximum atomic E-state index is 14.3. The lowest BCUT2D eigenvalue weighted by molar-refractivity contribution is 0.0598. The van der Waals surface area contributed by atoms with Crippen molar-refractivity contribution in [3.8, 4) is 16.9 Å². The summed E-state index contributed by atoms with van der Waals surface area (Å²) in [7, 11) is 1.19. The monoisotopic (exact) mass is 260 g/mol. The van der Waals surface area contributed by atoms with E-state index in [1.165, 1.54) is 20.1 Å². The van der Waals surface area contributed by atoms with Crippen molar-refractivity contribution in [2.24, 2.45) is 0 Å². The van der Waals surface area contributed by atoms with Gasteiger partial charge < -0.3 is 9.84 Å². The lowest BCUT2D eigenvalue weighted by Crippen LogP contribution is -2.07. The number of hydrogen-bond acceptors (Lipinski definition) is 3. The molecule has 2 aromatic carbocycles. The van der Waals surface area contributed by atoms with Crippen molar-refractivity contribution in [3.63, 3.8) is 0 Å². The first kappa shape index (κ1) is 13.1. The molecule has 2 rings (SSSR count). The summed E-state index contributed by atoms with van der Waals surface area (Å²) in [5.41, 5.74) is 0.685. The van der Waals surface area contributed by atoms with Crippen LogP contribution in [0, 0.1) is 12.7 Å². The normalized spacial score (nSPS) is 10.3. The van der Waals surface area contributed by atoms with Gasteiger partial charge in [0.15, 0.2) is 0 Å². The van der Waals surface area contributed by atoms with Crippen LogP contribution in [0.2, 0.25) is 0 Å². The summed E-state index contributed by atoms with van der Waals surface area (Å²) in [6.07, 6.45) is 0. The Morgan fingerprint density at radius 1 is 1.26 bits per heavy atom. The Labute approximate surface area is 110 Å². The van der Waals surface area contributed by atoms with Crippen molar-refractivity contribution in [1.82, 2.24) is 0 Å². The van der Waals surface area contributed by atoms with Gasteiger partial charge in [0.2, 0.25) is 0 Å². The number of aromatic hydroxyl groups is 1. The molecule has 98 valence electrons. The van der Waals surface area contributed by atoms with Gasteiger partial charge >= 0.3 is 5.97 Å². The number of hydrogen-bond donors (Lipinski definition) is 1. The number of aryl methyl sites for hydroxylation is 1. The quantitative estimate of drug-likeness (QED) is 0.843. The summed E-state index contributed by atoms with van der Waals surface area (Å²) in [6.45, 7) is 1.53. The average molecular weight is 260 g/mol. The third-order valence-corrected chi connectivity index (χ3v) is 2.88. The van der Waals surface area contributed by atoms with Crippen molar-refractivity contribution in [2.45, 2.75) is 6.92 Å². The number of ether oxygens (including phenoxy) is 1. The zero-order valence-corrected chi connectivity index (χ0v) is 10.6. The molecule has 0 aliphatic carbocycles. The smallest absolute Gasteiger partial charge is 0.342 e. The van der Waals surface area contributed by atoms with Crippen molar-refractivity contribution in [2.75, 3.05) is 7.11 Å². The molecule has 3 nitrogen and oxygen atoms in total. The summed E-state index contributed by atoms with van der Waals surface area (Å²) >= 11 is 0. The van der Waals surface area contributed by atoms with E-state index in [1.807, 2.05) is 0 Å². The van der Waals surface area contributed by atoms with Crippen LogP contribution in [0.4, 0.5) is 4.39 Å². The van der Waals surface area contributed by atoms with E-state index < -0.39 is 11.8 Å². The first-order chi connectivity index (χ1) is 9.06. The van der Waals surface area contributed by atoms with Crippen LogP contribution in [-0.2, 0) is 4.74 Å². The first-order valence-corrected chi connectivity index (χ1v) is 5.72. The Balaban J connectivity index is 2.80. The Kier molecular flexibility index (Phi) is 3.51. The highest BCUT2D eigenvalue weighted by molar-refractivity contribution is 6.00. The number of halogens is 1. The molecule has 0 radical (unpaired) electrons. The highest BCUT2D eigenvalue weighted by Crippen LogP contribution is 2.35. The molecule has 0 saturated carbocycles. The fraction of sp³-hybridized carbons (Fsp3) is 0.133. The number of rotatable bonds is 2. The first-order valence-electron chi connectivity index (χ1n) is 5.72. The largest absolute Gasteiger partial charge is 0.507 e. The van der Waals surface area contributed by atoms with E-state index in [0.717, 1.165) is 0 Å². The van der Waals surface area contributed by atoms with Crippen LogP contribution < -0.4 is 0 Å². The lowest BCUT2D eigenvalue weighted by Gasteiger charge is -2.13. The minimum atomic E-state index is -0.768. The van der Waals surface area contributed by atoms with Gasteiger partial charge in [0.05, 0.1) is 7.11 Å². The molecular formula is C15H13FO3. The maximum absolute atomic E-state index is 14.3. The second-order valence-corrected chi connectivity index (χ2v) is 4.13. The molecule has 0 unspecified atom stereocenters. The van der Waals surface area contributed by atoms with Gasteiger partial charge in [-0.3, -0.25) is 0 Å². The number of phenolic OH excluding ortho intramolecular Hbond substituents is 1. The standard InChI is InChI=1S/C15H13FO3/c1-9-8-11(17)13(15(18)19-2)12(14(9)16)10-6-4-3-5-7-10/h3-8,17H,1-2H3. The molecule has 0 heterocycles. The summed E-state index contributed by atoms with van der Waals surface area (Å²) in [5.74, 6) is -1.59. The Hall–Kier alpha value is -2.36. The van der Waals surface area contributed by atoms with E-state index in [2.05, 4.69) is 4.74 Å². The van der Waals surface area contributed by atoms with E-state index in [9.17, 15) is 14.3 Å². The molecule has 0 aromatic heterocycles. The van der Waals surface area contributed by atoms with E-state index >= 15 is 0 Å². The zero-order chi connectivity index (χ0) is 14.0. The van der Waals surface area contributed by atoms with Crippen molar-refractivity contribution < 1.29 is 19.0 Å². The Morgan fingerprint density at radius 3 is 2.47 bits per heavy atom. The maximum Gasteiger partial charge on any atom is 0.342 e. The van der Waals surface area contributed by atoms with Gasteiger partial charge in [-0.05, 0) is 24.1 Å². The molecular weight excluding hydrogens is 247 g/mol. The number of carbonyl (C=O) groups is 1. The SMILES string of the molecule is COC(=O)c1c(O)cc(C)c(F)c1-c1ccccc1. The van der Waals surface area contributed by atoms with Gasteiger partial charge in [-0.15, -0.1) is 0 Å². The highest BCUT2D eigenvalue weighted by atomic mass is 19.1. The van der Waals surface area contributed by atoms with Crippen LogP contribution in [0.25, 0.3) is 11.1 Å². The number of phenols is 1. The van der Waals surface area contributed by atoms with E-state index in [1.54, 1.807) is 30.3 Å². The van der Waals surface area contributed by atoms with Gasteiger partial charge in [-0.1, -0.05) is 30.3 Å². The van der Waals surface area contributed by atoms with Crippen LogP contribution in [-0.4, -0.2) is 18.2 Å². The predicted octanol–water partition coefficient (Wildman–Crippen LogP) is 3.29. The molecule has 1 N–H and O–H groups in total. The van der Waals surface area contributed by atoms with Crippen molar-refractivity contribution in [1.29, 1.82) is 0 Å². The molecule has 4 heteroatoms. The fourth-order valence-electron chi connectivity index (χ4n) is 1.96. The van der Waals surface area contributed by atoms with Gasteiger partial charge in [-0.2, -0.15) is 0 Å². The topological polar surface area (TPSA) is 46.5 Å². The molecule has 0 spiro atoms. The summed E-state index contributed by atoms with van der Waals surface area (Å²) in [6, 6.07) is 9.81. The van der Waals surface area contributed by atoms with Gasteiger partial charge in [0, 0.05) is 5.56 Å². The van der Waals surface area contributed by atoms with Crippen LogP contribution in [0.1, 0.15) is 15.9 Å². The molecule has 0 aliphatic heterocycles. The minimum absolute atomic E-state index is 0.0601. The molecule has 2 aromatic rings. The highest BCUT2D eigenvalue weighted by Gasteiger charge is 2.23. The lowest BCUT2D eigenvalue weighted by atomic mass is 9.95. The molecule has 0 saturated heterocycles. The van der Waals surface area contributed by atoms with Crippen LogP contribution >= 0.6 is 0 Å². The Bertz CT molecular complexity index is 621. The number of methoxy groups -OCH3 is 1. The Morgan fingerprint density at radius 2 is 1.89 bits per heavy atom. The van der Waals surface area contributed by atoms with Crippen LogP contribution in [0.3, 0.4) is 0 Å². The minimum Gasteiger partial charge on any atom is -0.507 e. The molecule has 0 atom stereocenters. The third-order valence-electron chi connectivity index (χ3n) is 2.88. The second-order valence-electron chi connectivity index (χ2n) is 4.13. The molecule has 0 aliphatic rings. The zero-order valence-electron chi connectivity index (χ0n) is 10.6. The molecule has 19 heavy (non-hydrogen) atoms. The van der Waals surface area contributed by atoms with Crippen molar-refractivity contribution >= 4 is 5.97 Å². The third kappa shape index (κ3) is 2.29. The van der Waals surface area contributed by atoms with Gasteiger partial charge in [0.1, 0.15) is 17.1 Å². The number of carbonyl (C=O) groups excluding carboxylic acids is 1. The number of benzene rings is 2. The molecule has 0 fully saturated rings. The van der Waals surface area contributed by atoms with Gasteiger partial charge in [-0.25, -0.2) is 9.18 Å². The fourth-order valence-corrected chi connectivity index (χ4v) is 1.96. The van der Waals surface area contributed by atoms with Crippen LogP contribution in [0.15, 0.2) is 36.4 Å². The average Bonchev–Trinajstić information content (AvgIpc) is 2.42. The van der Waals surface area contributed by atoms with E-state index in [-0.39, 0.29) is 22.4 Å². The molecule has 0 bridgehead atoms. The van der Waals surface area contributed by atoms with Crippen molar-refractivity contribution in [3.05, 3.63) is 53.3 Å². The van der Waals surface area contributed by atoms with E-state index in [4.69, 9.17) is 0 Å². The summed E-state index contributed by atoms with van der Waals surface area (Å²) in [4.78, 5) is 11.7. The van der Waals surface area contributed by atoms with Crippen LogP contribution in [0.5, 0.6) is 5.75 Å². The predicted molar refractivity (Wildman–Crippen MR) is 69.6 cm³/mol. The second kappa shape index (κ2) is 5.10. The summed E-state index contributed by atoms with van der Waals surface area (Å²) in [5, 5.41) is 9.89.